The number of carbonyl (C=O) groups is 2. The zero-order valence-electron chi connectivity index (χ0n) is 18.8. The minimum absolute atomic E-state index is 0.0157. The van der Waals surface area contributed by atoms with Gasteiger partial charge in [-0.2, -0.15) is 8.42 Å². The van der Waals surface area contributed by atoms with Gasteiger partial charge in [0.25, 0.3) is 11.1 Å². The van der Waals surface area contributed by atoms with Gasteiger partial charge in [0.2, 0.25) is 0 Å². The van der Waals surface area contributed by atoms with E-state index in [2.05, 4.69) is 0 Å². The Morgan fingerprint density at radius 1 is 0.944 bits per heavy atom. The van der Waals surface area contributed by atoms with Gasteiger partial charge in [-0.25, -0.2) is 0 Å². The molecule has 11 heteroatoms. The number of ether oxygens (including phenoxy) is 1. The molecular weight excluding hydrogens is 545 g/mol. The number of rotatable bonds is 8. The maximum Gasteiger partial charge on any atom is 0.339 e. The maximum absolute atomic E-state index is 12.9. The predicted molar refractivity (Wildman–Crippen MR) is 140 cm³/mol. The van der Waals surface area contributed by atoms with Crippen molar-refractivity contribution in [2.45, 2.75) is 18.4 Å². The molecule has 36 heavy (non-hydrogen) atoms. The summed E-state index contributed by atoms with van der Waals surface area (Å²) >= 11 is 12.7. The lowest BCUT2D eigenvalue weighted by molar-refractivity contribution is -0.123. The molecule has 1 fully saturated rings. The van der Waals surface area contributed by atoms with Gasteiger partial charge >= 0.3 is 10.1 Å². The fourth-order valence-electron chi connectivity index (χ4n) is 3.32. The van der Waals surface area contributed by atoms with Crippen LogP contribution in [0.25, 0.3) is 6.08 Å². The quantitative estimate of drug-likeness (QED) is 0.231. The fourth-order valence-corrected chi connectivity index (χ4v) is 5.44. The van der Waals surface area contributed by atoms with E-state index in [4.69, 9.17) is 32.1 Å². The Balaban J connectivity index is 1.57. The van der Waals surface area contributed by atoms with E-state index in [1.54, 1.807) is 49.4 Å². The number of hydrogen-bond donors (Lipinski definition) is 0. The largest absolute Gasteiger partial charge is 0.490 e. The number of amides is 2. The van der Waals surface area contributed by atoms with Crippen LogP contribution in [0.5, 0.6) is 11.5 Å². The second-order valence-corrected chi connectivity index (χ2v) is 10.9. The van der Waals surface area contributed by atoms with Crippen molar-refractivity contribution in [2.24, 2.45) is 0 Å². The summed E-state index contributed by atoms with van der Waals surface area (Å²) in [5, 5.41) is 0.509. The lowest BCUT2D eigenvalue weighted by atomic mass is 10.1. The van der Waals surface area contributed by atoms with Crippen molar-refractivity contribution in [1.29, 1.82) is 0 Å². The summed E-state index contributed by atoms with van der Waals surface area (Å²) in [7, 11) is -4.14. The molecule has 3 aromatic carbocycles. The minimum atomic E-state index is -4.14. The Morgan fingerprint density at radius 3 is 2.39 bits per heavy atom. The third kappa shape index (κ3) is 6.04. The zero-order valence-corrected chi connectivity index (χ0v) is 22.0. The number of imide groups is 1. The first-order valence-corrected chi connectivity index (χ1v) is 13.6. The maximum atomic E-state index is 12.9. The summed E-state index contributed by atoms with van der Waals surface area (Å²) in [5.41, 5.74) is 1.26. The van der Waals surface area contributed by atoms with Gasteiger partial charge in [-0.1, -0.05) is 41.4 Å². The molecule has 186 valence electrons. The molecule has 3 aromatic rings. The van der Waals surface area contributed by atoms with Gasteiger partial charge in [-0.05, 0) is 84.4 Å². The molecular formula is C25H19Cl2NO6S2. The molecule has 7 nitrogen and oxygen atoms in total. The van der Waals surface area contributed by atoms with Crippen molar-refractivity contribution < 1.29 is 26.9 Å². The third-order valence-corrected chi connectivity index (χ3v) is 7.61. The number of hydrogen-bond acceptors (Lipinski definition) is 7. The number of benzene rings is 3. The molecule has 0 saturated carbocycles. The Hall–Kier alpha value is -2.98. The molecule has 4 rings (SSSR count). The Kier molecular flexibility index (Phi) is 7.94. The van der Waals surface area contributed by atoms with Crippen LogP contribution in [0.3, 0.4) is 0 Å². The summed E-state index contributed by atoms with van der Waals surface area (Å²) in [4.78, 5) is 26.7. The minimum Gasteiger partial charge on any atom is -0.490 e. The van der Waals surface area contributed by atoms with Gasteiger partial charge in [-0.3, -0.25) is 14.5 Å². The number of nitrogens with zero attached hydrogens (tertiary/aromatic N) is 1. The van der Waals surface area contributed by atoms with E-state index in [1.807, 2.05) is 0 Å². The molecule has 0 spiro atoms. The molecule has 0 radical (unpaired) electrons. The van der Waals surface area contributed by atoms with Crippen molar-refractivity contribution in [1.82, 2.24) is 4.90 Å². The Morgan fingerprint density at radius 2 is 1.69 bits per heavy atom. The van der Waals surface area contributed by atoms with Crippen LogP contribution in [0.15, 0.2) is 76.5 Å². The second-order valence-electron chi connectivity index (χ2n) is 7.53. The molecule has 1 aliphatic heterocycles. The van der Waals surface area contributed by atoms with Crippen LogP contribution in [0.1, 0.15) is 18.1 Å². The highest BCUT2D eigenvalue weighted by Gasteiger charge is 2.35. The van der Waals surface area contributed by atoms with Crippen LogP contribution in [-0.2, 0) is 21.5 Å². The first kappa shape index (κ1) is 26.1. The summed E-state index contributed by atoms with van der Waals surface area (Å²) in [5.74, 6) is -0.284. The molecule has 2 amide bonds. The molecule has 0 unspecified atom stereocenters. The molecule has 0 bridgehead atoms. The number of carbonyl (C=O) groups excluding carboxylic acids is 2. The van der Waals surface area contributed by atoms with Gasteiger partial charge in [0.1, 0.15) is 4.90 Å². The summed E-state index contributed by atoms with van der Waals surface area (Å²) in [6.45, 7) is 2.09. The van der Waals surface area contributed by atoms with Crippen LogP contribution < -0.4 is 8.92 Å². The molecule has 1 aliphatic rings. The Labute approximate surface area is 222 Å². The van der Waals surface area contributed by atoms with Crippen molar-refractivity contribution in [3.05, 3.63) is 92.8 Å². The van der Waals surface area contributed by atoms with E-state index >= 15 is 0 Å². The lowest BCUT2D eigenvalue weighted by Gasteiger charge is -2.13. The van der Waals surface area contributed by atoms with E-state index in [-0.39, 0.29) is 34.5 Å². The van der Waals surface area contributed by atoms with Gasteiger partial charge in [-0.15, -0.1) is 0 Å². The molecule has 1 heterocycles. The molecule has 0 aromatic heterocycles. The van der Waals surface area contributed by atoms with Gasteiger partial charge < -0.3 is 8.92 Å². The molecule has 0 aliphatic carbocycles. The highest BCUT2D eigenvalue weighted by atomic mass is 35.5. The normalized spacial score (nSPS) is 15.0. The van der Waals surface area contributed by atoms with Crippen molar-refractivity contribution in [3.8, 4) is 11.5 Å². The first-order valence-electron chi connectivity index (χ1n) is 10.6. The van der Waals surface area contributed by atoms with Gasteiger partial charge in [0.05, 0.1) is 18.1 Å². The smallest absolute Gasteiger partial charge is 0.339 e. The second kappa shape index (κ2) is 11.0. The summed E-state index contributed by atoms with van der Waals surface area (Å²) in [6.07, 6.45) is 1.54. The molecule has 0 atom stereocenters. The summed E-state index contributed by atoms with van der Waals surface area (Å²) < 4.78 is 36.3. The fraction of sp³-hybridized carbons (Fsp3) is 0.120. The van der Waals surface area contributed by atoms with E-state index in [0.29, 0.717) is 15.6 Å². The standard InChI is InChI=1S/C25H19Cl2NO6S2/c1-2-33-22-13-16(6-11-21(22)34-36(31,32)20-9-7-18(26)8-10-20)14-23-24(29)28(25(30)35-23)15-17-4-3-5-19(27)12-17/h3-14H,2,15H2,1H3/b23-14-. The zero-order chi connectivity index (χ0) is 25.9. The lowest BCUT2D eigenvalue weighted by Crippen LogP contribution is -2.27. The Bertz CT molecular complexity index is 1460. The first-order chi connectivity index (χ1) is 17.2. The van der Waals surface area contributed by atoms with Crippen molar-refractivity contribution in [2.75, 3.05) is 6.61 Å². The number of halogens is 2. The summed E-state index contributed by atoms with van der Waals surface area (Å²) in [6, 6.07) is 17.1. The van der Waals surface area contributed by atoms with Crippen LogP contribution in [0.4, 0.5) is 4.79 Å². The highest BCUT2D eigenvalue weighted by Crippen LogP contribution is 2.36. The van der Waals surface area contributed by atoms with Gasteiger partial charge in [0.15, 0.2) is 11.5 Å². The van der Waals surface area contributed by atoms with E-state index in [9.17, 15) is 18.0 Å². The predicted octanol–water partition coefficient (Wildman–Crippen LogP) is 6.40. The molecule has 0 N–H and O–H groups in total. The monoisotopic (exact) mass is 563 g/mol. The van der Waals surface area contributed by atoms with E-state index in [1.165, 1.54) is 30.3 Å². The molecule has 1 saturated heterocycles. The topological polar surface area (TPSA) is 90.0 Å². The third-order valence-electron chi connectivity index (χ3n) is 4.97. The number of thioether (sulfide) groups is 1. The average Bonchev–Trinajstić information content (AvgIpc) is 3.08. The van der Waals surface area contributed by atoms with Gasteiger partial charge in [0, 0.05) is 10.0 Å². The van der Waals surface area contributed by atoms with Crippen molar-refractivity contribution in [3.63, 3.8) is 0 Å². The van der Waals surface area contributed by atoms with Crippen LogP contribution in [0.2, 0.25) is 10.0 Å². The van der Waals surface area contributed by atoms with Crippen LogP contribution >= 0.6 is 35.0 Å². The van der Waals surface area contributed by atoms with Crippen LogP contribution in [-0.4, -0.2) is 31.1 Å². The SMILES string of the molecule is CCOc1cc(/C=C2\SC(=O)N(Cc3cccc(Cl)c3)C2=O)ccc1OS(=O)(=O)c1ccc(Cl)cc1. The van der Waals surface area contributed by atoms with Crippen LogP contribution in [0, 0.1) is 0 Å². The van der Waals surface area contributed by atoms with E-state index < -0.39 is 21.3 Å². The highest BCUT2D eigenvalue weighted by molar-refractivity contribution is 8.18. The van der Waals surface area contributed by atoms with E-state index in [0.717, 1.165) is 22.2 Å². The average molecular weight is 564 g/mol. The van der Waals surface area contributed by atoms with Crippen molar-refractivity contribution >= 4 is 62.3 Å².